The van der Waals surface area contributed by atoms with E-state index < -0.39 is 27.2 Å². The van der Waals surface area contributed by atoms with E-state index in [1.54, 1.807) is 12.1 Å². The molecule has 220 valence electrons. The Labute approximate surface area is 239 Å². The van der Waals surface area contributed by atoms with Crippen LogP contribution >= 0.6 is 0 Å². The van der Waals surface area contributed by atoms with Crippen molar-refractivity contribution in [1.29, 1.82) is 0 Å². The van der Waals surface area contributed by atoms with Crippen molar-refractivity contribution in [2.75, 3.05) is 30.9 Å². The van der Waals surface area contributed by atoms with E-state index in [4.69, 9.17) is 13.7 Å². The number of hydrogen-bond donors (Lipinski definition) is 2. The van der Waals surface area contributed by atoms with Crippen molar-refractivity contribution in [1.82, 2.24) is 9.97 Å². The van der Waals surface area contributed by atoms with Crippen molar-refractivity contribution in [3.63, 3.8) is 0 Å². The van der Waals surface area contributed by atoms with Gasteiger partial charge in [0.2, 0.25) is 5.88 Å². The molecule has 0 saturated carbocycles. The summed E-state index contributed by atoms with van der Waals surface area (Å²) >= 11 is 0. The quantitative estimate of drug-likeness (QED) is 0.309. The van der Waals surface area contributed by atoms with Crippen molar-refractivity contribution in [3.05, 3.63) is 72.3 Å². The minimum Gasteiger partial charge on any atom is -0.493 e. The van der Waals surface area contributed by atoms with E-state index in [1.165, 1.54) is 31.4 Å². The molecule has 0 saturated heterocycles. The number of fused-ring (bicyclic) bond motifs is 6. The summed E-state index contributed by atoms with van der Waals surface area (Å²) in [6, 6.07) is 8.96. The van der Waals surface area contributed by atoms with Crippen LogP contribution in [0.25, 0.3) is 11.1 Å². The molecule has 0 radical (unpaired) electrons. The molecule has 2 N–H and O–H groups in total. The second-order valence-corrected chi connectivity index (χ2v) is 12.5. The first-order chi connectivity index (χ1) is 19.4. The maximum Gasteiger partial charge on any atom is 0.216 e. The molecule has 1 aromatic carbocycles. The van der Waals surface area contributed by atoms with Crippen molar-refractivity contribution < 1.29 is 26.6 Å². The zero-order valence-corrected chi connectivity index (χ0v) is 24.4. The molecule has 1 unspecified atom stereocenters. The van der Waals surface area contributed by atoms with Crippen molar-refractivity contribution in [3.8, 4) is 16.9 Å². The Morgan fingerprint density at radius 2 is 1.88 bits per heavy atom. The van der Waals surface area contributed by atoms with Gasteiger partial charge in [0.05, 0.1) is 25.7 Å². The molecule has 3 aromatic rings. The highest BCUT2D eigenvalue weighted by atomic mass is 32.2. The van der Waals surface area contributed by atoms with E-state index in [0.29, 0.717) is 41.7 Å². The second-order valence-electron chi connectivity index (χ2n) is 10.5. The molecule has 41 heavy (non-hydrogen) atoms. The van der Waals surface area contributed by atoms with Crippen LogP contribution in [0.2, 0.25) is 0 Å². The van der Waals surface area contributed by atoms with E-state index >= 15 is 0 Å². The van der Waals surface area contributed by atoms with Crippen LogP contribution in [-0.2, 0) is 24.7 Å². The topological polar surface area (TPSA) is 107 Å². The molecule has 0 spiro atoms. The maximum atomic E-state index is 14.9. The summed E-state index contributed by atoms with van der Waals surface area (Å²) in [6.07, 6.45) is 3.45. The van der Waals surface area contributed by atoms with Gasteiger partial charge in [-0.25, -0.2) is 23.0 Å². The Morgan fingerprint density at radius 3 is 2.63 bits per heavy atom. The molecule has 1 aliphatic rings. The Bertz CT molecular complexity index is 1530. The highest BCUT2D eigenvalue weighted by Gasteiger charge is 2.18. The molecule has 4 bridgehead atoms. The van der Waals surface area contributed by atoms with Crippen molar-refractivity contribution >= 4 is 27.5 Å². The maximum absolute atomic E-state index is 14.9. The standard InChI is InChI=1S/C29H35F2N5O4S/c1-19(40-29(2,3)4)36-41(37,38-5)18-20-13-26-32-11-7-6-8-12-39-25-15-21(30)9-10-22(25)23-16-27(33-17-24(23)31)35-28(14-20)34-26/h9-10,13-17H,1,6-8,11-12,18H2,2-5H3,(H2,32,33,34,35). The smallest absolute Gasteiger partial charge is 0.216 e. The van der Waals surface area contributed by atoms with Gasteiger partial charge in [0.25, 0.3) is 0 Å². The Morgan fingerprint density at radius 1 is 1.10 bits per heavy atom. The molecule has 12 heteroatoms. The van der Waals surface area contributed by atoms with Gasteiger partial charge < -0.3 is 20.1 Å². The molecule has 0 fully saturated rings. The van der Waals surface area contributed by atoms with Crippen LogP contribution in [0.4, 0.5) is 26.2 Å². The average molecular weight is 588 g/mol. The van der Waals surface area contributed by atoms with E-state index in [0.717, 1.165) is 25.5 Å². The highest BCUT2D eigenvalue weighted by Crippen LogP contribution is 2.34. The molecule has 1 aliphatic heterocycles. The predicted molar refractivity (Wildman–Crippen MR) is 156 cm³/mol. The van der Waals surface area contributed by atoms with Gasteiger partial charge in [-0.05, 0) is 82.5 Å². The van der Waals surface area contributed by atoms with E-state index in [2.05, 4.69) is 31.5 Å². The van der Waals surface area contributed by atoms with Gasteiger partial charge in [-0.1, -0.05) is 0 Å². The minimum absolute atomic E-state index is 0.00345. The highest BCUT2D eigenvalue weighted by molar-refractivity contribution is 7.88. The third-order valence-corrected chi connectivity index (χ3v) is 7.59. The zero-order valence-electron chi connectivity index (χ0n) is 23.6. The Kier molecular flexibility index (Phi) is 9.44. The lowest BCUT2D eigenvalue weighted by Gasteiger charge is -2.21. The zero-order chi connectivity index (χ0) is 29.6. The molecule has 1 atom stereocenters. The van der Waals surface area contributed by atoms with Gasteiger partial charge in [-0.2, -0.15) is 0 Å². The molecule has 2 aromatic heterocycles. The number of rotatable bonds is 5. The van der Waals surface area contributed by atoms with Crippen LogP contribution < -0.4 is 15.4 Å². The molecule has 4 rings (SSSR count). The lowest BCUT2D eigenvalue weighted by atomic mass is 10.0. The van der Waals surface area contributed by atoms with Gasteiger partial charge in [-0.15, -0.1) is 4.36 Å². The number of nitrogens with zero attached hydrogens (tertiary/aromatic N) is 3. The summed E-state index contributed by atoms with van der Waals surface area (Å²) in [4.78, 5) is 8.78. The largest absolute Gasteiger partial charge is 0.493 e. The van der Waals surface area contributed by atoms with Gasteiger partial charge in [0, 0.05) is 23.7 Å². The minimum atomic E-state index is -3.23. The summed E-state index contributed by atoms with van der Waals surface area (Å²) in [5.41, 5.74) is 0.645. The van der Waals surface area contributed by atoms with Gasteiger partial charge in [-0.3, -0.25) is 4.18 Å². The summed E-state index contributed by atoms with van der Waals surface area (Å²) in [5, 5.41) is 6.39. The molecule has 0 aliphatic carbocycles. The third-order valence-electron chi connectivity index (χ3n) is 5.89. The van der Waals surface area contributed by atoms with Crippen LogP contribution in [0.1, 0.15) is 45.6 Å². The van der Waals surface area contributed by atoms with Crippen LogP contribution in [-0.4, -0.2) is 40.0 Å². The van der Waals surface area contributed by atoms with Crippen molar-refractivity contribution in [2.24, 2.45) is 4.36 Å². The number of ether oxygens (including phenoxy) is 2. The fourth-order valence-corrected chi connectivity index (χ4v) is 5.37. The number of pyridine rings is 2. The number of aromatic nitrogens is 2. The van der Waals surface area contributed by atoms with E-state index in [9.17, 15) is 13.0 Å². The normalized spacial score (nSPS) is 15.3. The van der Waals surface area contributed by atoms with Gasteiger partial charge in [0.1, 0.15) is 40.4 Å². The first kappa shape index (κ1) is 30.2. The molecule has 0 amide bonds. The number of benzene rings is 1. The van der Waals surface area contributed by atoms with Gasteiger partial charge >= 0.3 is 0 Å². The van der Waals surface area contributed by atoms with Crippen LogP contribution in [0.15, 0.2) is 59.4 Å². The molecule has 9 nitrogen and oxygen atoms in total. The Balaban J connectivity index is 1.72. The molecular formula is C29H35F2N5O4S. The van der Waals surface area contributed by atoms with Crippen LogP contribution in [0, 0.1) is 11.6 Å². The fourth-order valence-electron chi connectivity index (χ4n) is 4.18. The number of anilines is 3. The summed E-state index contributed by atoms with van der Waals surface area (Å²) < 4.78 is 63.4. The third kappa shape index (κ3) is 8.61. The van der Waals surface area contributed by atoms with Crippen LogP contribution in [0.3, 0.4) is 0 Å². The monoisotopic (exact) mass is 587 g/mol. The Hall–Kier alpha value is -3.77. The number of hydrogen-bond acceptors (Lipinski definition) is 9. The molecular weight excluding hydrogens is 552 g/mol. The lowest BCUT2D eigenvalue weighted by Crippen LogP contribution is -2.18. The van der Waals surface area contributed by atoms with E-state index in [1.807, 2.05) is 20.8 Å². The summed E-state index contributed by atoms with van der Waals surface area (Å²) in [6.45, 7) is 10.3. The first-order valence-electron chi connectivity index (χ1n) is 13.2. The molecule has 3 heterocycles. The average Bonchev–Trinajstić information content (AvgIpc) is 2.87. The predicted octanol–water partition coefficient (Wildman–Crippen LogP) is 6.96. The summed E-state index contributed by atoms with van der Waals surface area (Å²) in [5.74, 6) is 0.337. The fraction of sp³-hybridized carbons (Fsp3) is 0.379. The lowest BCUT2D eigenvalue weighted by molar-refractivity contribution is 0.0523. The number of halogens is 2. The number of nitrogens with one attached hydrogen (secondary N) is 2. The summed E-state index contributed by atoms with van der Waals surface area (Å²) in [7, 11) is -1.91. The van der Waals surface area contributed by atoms with Crippen LogP contribution in [0.5, 0.6) is 5.75 Å². The first-order valence-corrected chi connectivity index (χ1v) is 14.8. The van der Waals surface area contributed by atoms with Gasteiger partial charge in [0.15, 0.2) is 10.0 Å². The SMILES string of the molecule is C=C(N=S(=O)(Cc1cc2nc(c1)Nc1cc(c(F)cn1)-c1ccc(F)cc1OCCCCCN2)OC)OC(C)(C)C. The van der Waals surface area contributed by atoms with E-state index in [-0.39, 0.29) is 22.9 Å². The second kappa shape index (κ2) is 12.8. The van der Waals surface area contributed by atoms with Crippen molar-refractivity contribution in [2.45, 2.75) is 51.4 Å².